The van der Waals surface area contributed by atoms with Crippen molar-refractivity contribution in [2.24, 2.45) is 0 Å². The predicted octanol–water partition coefficient (Wildman–Crippen LogP) is 3.38. The average Bonchev–Trinajstić information content (AvgIpc) is 2.68. The molecule has 1 heterocycles. The summed E-state index contributed by atoms with van der Waals surface area (Å²) < 4.78 is 10.9. The van der Waals surface area contributed by atoms with E-state index in [-0.39, 0.29) is 0 Å². The molecule has 1 aromatic heterocycles. The molecular formula is C15H18O3. The topological polar surface area (TPSA) is 42.6 Å². The second-order valence-corrected chi connectivity index (χ2v) is 4.28. The summed E-state index contributed by atoms with van der Waals surface area (Å²) in [7, 11) is 0. The number of aryl methyl sites for hydroxylation is 2. The third-order valence-corrected chi connectivity index (χ3v) is 2.86. The van der Waals surface area contributed by atoms with E-state index in [1.54, 1.807) is 0 Å². The van der Waals surface area contributed by atoms with Crippen LogP contribution in [0.4, 0.5) is 0 Å². The zero-order chi connectivity index (χ0) is 13.1. The number of aliphatic hydroxyl groups is 1. The van der Waals surface area contributed by atoms with Crippen molar-refractivity contribution in [1.82, 2.24) is 0 Å². The first-order chi connectivity index (χ1) is 8.61. The molecule has 0 amide bonds. The van der Waals surface area contributed by atoms with Gasteiger partial charge in [-0.25, -0.2) is 0 Å². The second-order valence-electron chi connectivity index (χ2n) is 4.28. The maximum absolute atomic E-state index is 10.4. The Morgan fingerprint density at radius 3 is 2.67 bits per heavy atom. The van der Waals surface area contributed by atoms with Crippen molar-refractivity contribution in [1.29, 1.82) is 0 Å². The summed E-state index contributed by atoms with van der Waals surface area (Å²) >= 11 is 0. The minimum absolute atomic E-state index is 0.614. The van der Waals surface area contributed by atoms with Gasteiger partial charge in [0, 0.05) is 5.56 Å². The highest BCUT2D eigenvalue weighted by Gasteiger charge is 2.16. The van der Waals surface area contributed by atoms with Gasteiger partial charge in [0.05, 0.1) is 6.61 Å². The van der Waals surface area contributed by atoms with Gasteiger partial charge in [0.1, 0.15) is 23.4 Å². The number of hydrogen-bond acceptors (Lipinski definition) is 3. The highest BCUT2D eigenvalue weighted by molar-refractivity contribution is 5.36. The predicted molar refractivity (Wildman–Crippen MR) is 69.9 cm³/mol. The number of benzene rings is 1. The van der Waals surface area contributed by atoms with Gasteiger partial charge in [0.2, 0.25) is 0 Å². The van der Waals surface area contributed by atoms with Gasteiger partial charge in [-0.3, -0.25) is 0 Å². The Morgan fingerprint density at radius 1 is 1.28 bits per heavy atom. The molecule has 2 rings (SSSR count). The summed E-state index contributed by atoms with van der Waals surface area (Å²) in [5, 5.41) is 10.4. The third kappa shape index (κ3) is 2.57. The Bertz CT molecular complexity index is 528. The molecule has 18 heavy (non-hydrogen) atoms. The van der Waals surface area contributed by atoms with E-state index in [0.29, 0.717) is 6.61 Å². The van der Waals surface area contributed by atoms with Gasteiger partial charge >= 0.3 is 0 Å². The van der Waals surface area contributed by atoms with E-state index in [1.807, 2.05) is 51.1 Å². The molecule has 0 bridgehead atoms. The maximum Gasteiger partial charge on any atom is 0.119 e. The first-order valence-electron chi connectivity index (χ1n) is 6.09. The van der Waals surface area contributed by atoms with Crippen molar-refractivity contribution in [3.8, 4) is 5.75 Å². The number of hydrogen-bond donors (Lipinski definition) is 1. The zero-order valence-corrected chi connectivity index (χ0v) is 10.9. The molecule has 1 N–H and O–H groups in total. The van der Waals surface area contributed by atoms with Crippen LogP contribution in [0.3, 0.4) is 0 Å². The Kier molecular flexibility index (Phi) is 3.72. The van der Waals surface area contributed by atoms with Gasteiger partial charge < -0.3 is 14.3 Å². The highest BCUT2D eigenvalue weighted by Crippen LogP contribution is 2.29. The normalized spacial score (nSPS) is 12.4. The summed E-state index contributed by atoms with van der Waals surface area (Å²) in [5.41, 5.74) is 1.62. The van der Waals surface area contributed by atoms with Crippen molar-refractivity contribution >= 4 is 0 Å². The zero-order valence-electron chi connectivity index (χ0n) is 10.9. The molecule has 0 radical (unpaired) electrons. The summed E-state index contributed by atoms with van der Waals surface area (Å²) in [5.74, 6) is 2.33. The standard InChI is InChI=1S/C15H18O3/c1-4-17-13-7-5-6-12(9-13)15(16)14-8-10(2)18-11(14)3/h5-9,15-16H,4H2,1-3H3. The van der Waals surface area contributed by atoms with Gasteiger partial charge in [-0.1, -0.05) is 12.1 Å². The lowest BCUT2D eigenvalue weighted by atomic mass is 10.0. The van der Waals surface area contributed by atoms with Gasteiger partial charge in [-0.05, 0) is 44.5 Å². The fourth-order valence-electron chi connectivity index (χ4n) is 2.04. The first-order valence-corrected chi connectivity index (χ1v) is 6.09. The van der Waals surface area contributed by atoms with Gasteiger partial charge in [-0.2, -0.15) is 0 Å². The summed E-state index contributed by atoms with van der Waals surface area (Å²) in [6, 6.07) is 9.37. The van der Waals surface area contributed by atoms with Crippen molar-refractivity contribution in [2.75, 3.05) is 6.61 Å². The van der Waals surface area contributed by atoms with Gasteiger partial charge in [-0.15, -0.1) is 0 Å². The third-order valence-electron chi connectivity index (χ3n) is 2.86. The smallest absolute Gasteiger partial charge is 0.119 e. The van der Waals surface area contributed by atoms with E-state index in [0.717, 1.165) is 28.4 Å². The van der Waals surface area contributed by atoms with Crippen LogP contribution in [0.15, 0.2) is 34.7 Å². The van der Waals surface area contributed by atoms with E-state index in [1.165, 1.54) is 0 Å². The van der Waals surface area contributed by atoms with Crippen molar-refractivity contribution in [3.05, 3.63) is 53.0 Å². The Morgan fingerprint density at radius 2 is 2.06 bits per heavy atom. The number of rotatable bonds is 4. The largest absolute Gasteiger partial charge is 0.494 e. The molecule has 1 atom stereocenters. The Labute approximate surface area is 107 Å². The molecule has 0 aliphatic heterocycles. The quantitative estimate of drug-likeness (QED) is 0.899. The van der Waals surface area contributed by atoms with Crippen LogP contribution < -0.4 is 4.74 Å². The summed E-state index contributed by atoms with van der Waals surface area (Å²) in [6.07, 6.45) is -0.678. The monoisotopic (exact) mass is 246 g/mol. The molecular weight excluding hydrogens is 228 g/mol. The fraction of sp³-hybridized carbons (Fsp3) is 0.333. The molecule has 1 aromatic carbocycles. The molecule has 0 saturated heterocycles. The first kappa shape index (κ1) is 12.7. The molecule has 0 aliphatic carbocycles. The van der Waals surface area contributed by atoms with Crippen LogP contribution in [0.1, 0.15) is 35.7 Å². The average molecular weight is 246 g/mol. The van der Waals surface area contributed by atoms with Crippen LogP contribution in [0.2, 0.25) is 0 Å². The second kappa shape index (κ2) is 5.27. The molecule has 3 heteroatoms. The van der Waals surface area contributed by atoms with E-state index >= 15 is 0 Å². The van der Waals surface area contributed by atoms with Gasteiger partial charge in [0.15, 0.2) is 0 Å². The van der Waals surface area contributed by atoms with Crippen molar-refractivity contribution in [3.63, 3.8) is 0 Å². The van der Waals surface area contributed by atoms with Crippen molar-refractivity contribution in [2.45, 2.75) is 26.9 Å². The molecule has 0 spiro atoms. The fourth-order valence-corrected chi connectivity index (χ4v) is 2.04. The van der Waals surface area contributed by atoms with Crippen LogP contribution >= 0.6 is 0 Å². The minimum Gasteiger partial charge on any atom is -0.494 e. The van der Waals surface area contributed by atoms with Crippen LogP contribution in [0.5, 0.6) is 5.75 Å². The number of ether oxygens (including phenoxy) is 1. The van der Waals surface area contributed by atoms with E-state index < -0.39 is 6.10 Å². The molecule has 96 valence electrons. The summed E-state index contributed by atoms with van der Waals surface area (Å²) in [4.78, 5) is 0. The van der Waals surface area contributed by atoms with Crippen LogP contribution in [0.25, 0.3) is 0 Å². The van der Waals surface area contributed by atoms with Crippen molar-refractivity contribution < 1.29 is 14.3 Å². The lowest BCUT2D eigenvalue weighted by Crippen LogP contribution is -2.01. The molecule has 0 saturated carbocycles. The van der Waals surface area contributed by atoms with Crippen LogP contribution in [-0.2, 0) is 0 Å². The molecule has 1 unspecified atom stereocenters. The maximum atomic E-state index is 10.4. The Balaban J connectivity index is 2.30. The molecule has 0 aliphatic rings. The minimum atomic E-state index is -0.678. The van der Waals surface area contributed by atoms with Gasteiger partial charge in [0.25, 0.3) is 0 Å². The van der Waals surface area contributed by atoms with E-state index in [2.05, 4.69) is 0 Å². The van der Waals surface area contributed by atoms with Crippen LogP contribution in [-0.4, -0.2) is 11.7 Å². The van der Waals surface area contributed by atoms with E-state index in [9.17, 15) is 5.11 Å². The van der Waals surface area contributed by atoms with E-state index in [4.69, 9.17) is 9.15 Å². The lowest BCUT2D eigenvalue weighted by Gasteiger charge is -2.11. The molecule has 2 aromatic rings. The number of furan rings is 1. The Hall–Kier alpha value is -1.74. The SMILES string of the molecule is CCOc1cccc(C(O)c2cc(C)oc2C)c1. The van der Waals surface area contributed by atoms with Crippen LogP contribution in [0, 0.1) is 13.8 Å². The summed E-state index contributed by atoms with van der Waals surface area (Å²) in [6.45, 7) is 6.29. The molecule has 3 nitrogen and oxygen atoms in total. The lowest BCUT2D eigenvalue weighted by molar-refractivity contribution is 0.217. The highest BCUT2D eigenvalue weighted by atomic mass is 16.5. The number of aliphatic hydroxyl groups excluding tert-OH is 1. The molecule has 0 fully saturated rings.